The molecule has 1 atom stereocenters. The predicted octanol–water partition coefficient (Wildman–Crippen LogP) is 2.14. The van der Waals surface area contributed by atoms with Crippen LogP contribution in [0.25, 0.3) is 0 Å². The van der Waals surface area contributed by atoms with E-state index >= 15 is 0 Å². The Morgan fingerprint density at radius 2 is 2.27 bits per heavy atom. The highest BCUT2D eigenvalue weighted by atomic mass is 32.2. The van der Waals surface area contributed by atoms with Gasteiger partial charge in [-0.05, 0) is 11.7 Å². The maximum Gasteiger partial charge on any atom is 0.232 e. The first kappa shape index (κ1) is 14.3. The molecule has 0 aliphatic rings. The van der Waals surface area contributed by atoms with Gasteiger partial charge in [0.15, 0.2) is 0 Å². The fourth-order valence-corrected chi connectivity index (χ4v) is 2.07. The maximum atomic E-state index is 11.5. The van der Waals surface area contributed by atoms with E-state index in [-0.39, 0.29) is 5.91 Å². The summed E-state index contributed by atoms with van der Waals surface area (Å²) in [6.07, 6.45) is 1.57. The maximum absolute atomic E-state index is 11.5. The van der Waals surface area contributed by atoms with Crippen molar-refractivity contribution in [3.8, 4) is 6.07 Å². The number of rotatable bonds is 7. The van der Waals surface area contributed by atoms with Gasteiger partial charge in [-0.25, -0.2) is 0 Å². The van der Waals surface area contributed by atoms with Gasteiger partial charge in [-0.3, -0.25) is 4.79 Å². The van der Waals surface area contributed by atoms with Crippen molar-refractivity contribution in [3.05, 3.63) is 0 Å². The molecule has 0 aliphatic heterocycles. The first-order chi connectivity index (χ1) is 7.11. The number of nitrogens with zero attached hydrogens (tertiary/aromatic N) is 2. The van der Waals surface area contributed by atoms with E-state index in [9.17, 15) is 4.79 Å². The van der Waals surface area contributed by atoms with Gasteiger partial charge in [-0.2, -0.15) is 17.0 Å². The molecule has 4 heteroatoms. The Morgan fingerprint density at radius 3 is 2.80 bits per heavy atom. The van der Waals surface area contributed by atoms with Crippen molar-refractivity contribution in [3.63, 3.8) is 0 Å². The number of amides is 1. The van der Waals surface area contributed by atoms with Crippen molar-refractivity contribution < 1.29 is 4.79 Å². The van der Waals surface area contributed by atoms with E-state index in [1.807, 2.05) is 6.07 Å². The van der Waals surface area contributed by atoms with Gasteiger partial charge in [0.1, 0.15) is 0 Å². The van der Waals surface area contributed by atoms with E-state index in [1.165, 1.54) is 0 Å². The van der Waals surface area contributed by atoms with Crippen molar-refractivity contribution in [2.45, 2.75) is 26.7 Å². The standard InChI is InChI=1S/C11H20N2OS/c1-4-10(2)8-15-9-11(14)13(3)7-5-6-12/h10H,4-5,7-9H2,1-3H3. The molecule has 0 radical (unpaired) electrons. The van der Waals surface area contributed by atoms with Crippen molar-refractivity contribution in [1.29, 1.82) is 5.26 Å². The molecule has 15 heavy (non-hydrogen) atoms. The van der Waals surface area contributed by atoms with E-state index in [1.54, 1.807) is 23.7 Å². The highest BCUT2D eigenvalue weighted by Gasteiger charge is 2.08. The normalized spacial score (nSPS) is 11.9. The molecule has 0 bridgehead atoms. The number of carbonyl (C=O) groups is 1. The summed E-state index contributed by atoms with van der Waals surface area (Å²) < 4.78 is 0. The van der Waals surface area contributed by atoms with Gasteiger partial charge in [0, 0.05) is 13.6 Å². The minimum absolute atomic E-state index is 0.124. The molecule has 0 spiro atoms. The van der Waals surface area contributed by atoms with Crippen molar-refractivity contribution in [2.24, 2.45) is 5.92 Å². The second kappa shape index (κ2) is 8.60. The molecule has 0 saturated carbocycles. The summed E-state index contributed by atoms with van der Waals surface area (Å²) in [7, 11) is 1.75. The molecule has 0 saturated heterocycles. The van der Waals surface area contributed by atoms with Crippen LogP contribution in [0.3, 0.4) is 0 Å². The van der Waals surface area contributed by atoms with Crippen LogP contribution in [0.2, 0.25) is 0 Å². The number of nitriles is 1. The molecular formula is C11H20N2OS. The smallest absolute Gasteiger partial charge is 0.232 e. The van der Waals surface area contributed by atoms with Crippen LogP contribution in [0, 0.1) is 17.2 Å². The SMILES string of the molecule is CCC(C)CSCC(=O)N(C)CCC#N. The lowest BCUT2D eigenvalue weighted by molar-refractivity contribution is -0.127. The third kappa shape index (κ3) is 7.26. The third-order valence-electron chi connectivity index (χ3n) is 2.31. The molecule has 0 heterocycles. The Hall–Kier alpha value is -0.690. The van der Waals surface area contributed by atoms with Crippen LogP contribution in [0.5, 0.6) is 0 Å². The summed E-state index contributed by atoms with van der Waals surface area (Å²) in [6.45, 7) is 4.89. The first-order valence-corrected chi connectivity index (χ1v) is 6.45. The molecule has 0 aromatic heterocycles. The minimum atomic E-state index is 0.124. The summed E-state index contributed by atoms with van der Waals surface area (Å²) in [4.78, 5) is 13.1. The van der Waals surface area contributed by atoms with Gasteiger partial charge >= 0.3 is 0 Å². The number of hydrogen-bond acceptors (Lipinski definition) is 3. The first-order valence-electron chi connectivity index (χ1n) is 5.30. The zero-order chi connectivity index (χ0) is 11.7. The zero-order valence-electron chi connectivity index (χ0n) is 9.82. The Labute approximate surface area is 96.8 Å². The highest BCUT2D eigenvalue weighted by molar-refractivity contribution is 7.99. The largest absolute Gasteiger partial charge is 0.344 e. The Bertz CT molecular complexity index is 225. The number of carbonyl (C=O) groups excluding carboxylic acids is 1. The second-order valence-corrected chi connectivity index (χ2v) is 4.78. The lowest BCUT2D eigenvalue weighted by atomic mass is 10.2. The van der Waals surface area contributed by atoms with Crippen LogP contribution in [0.1, 0.15) is 26.7 Å². The predicted molar refractivity (Wildman–Crippen MR) is 64.6 cm³/mol. The molecule has 0 aliphatic carbocycles. The van der Waals surface area contributed by atoms with Gasteiger partial charge in [0.2, 0.25) is 5.91 Å². The molecule has 1 amide bonds. The minimum Gasteiger partial charge on any atom is -0.344 e. The van der Waals surface area contributed by atoms with E-state index in [0.29, 0.717) is 24.6 Å². The molecular weight excluding hydrogens is 208 g/mol. The summed E-state index contributed by atoms with van der Waals surface area (Å²) in [5, 5.41) is 8.38. The second-order valence-electron chi connectivity index (χ2n) is 3.75. The average molecular weight is 228 g/mol. The van der Waals surface area contributed by atoms with Gasteiger partial charge in [0.05, 0.1) is 18.2 Å². The van der Waals surface area contributed by atoms with Crippen LogP contribution >= 0.6 is 11.8 Å². The fraction of sp³-hybridized carbons (Fsp3) is 0.818. The topological polar surface area (TPSA) is 44.1 Å². The van der Waals surface area contributed by atoms with E-state index in [2.05, 4.69) is 13.8 Å². The lowest BCUT2D eigenvalue weighted by Crippen LogP contribution is -2.29. The Balaban J connectivity index is 3.60. The monoisotopic (exact) mass is 228 g/mol. The fourth-order valence-electron chi connectivity index (χ4n) is 0.918. The summed E-state index contributed by atoms with van der Waals surface area (Å²) >= 11 is 1.68. The molecule has 0 fully saturated rings. The molecule has 3 nitrogen and oxygen atoms in total. The Morgan fingerprint density at radius 1 is 1.60 bits per heavy atom. The number of thioether (sulfide) groups is 1. The molecule has 0 aromatic rings. The zero-order valence-corrected chi connectivity index (χ0v) is 10.6. The quantitative estimate of drug-likeness (QED) is 0.670. The lowest BCUT2D eigenvalue weighted by Gasteiger charge is -2.15. The van der Waals surface area contributed by atoms with Crippen LogP contribution < -0.4 is 0 Å². The summed E-state index contributed by atoms with van der Waals surface area (Å²) in [5.41, 5.74) is 0. The van der Waals surface area contributed by atoms with E-state index < -0.39 is 0 Å². The van der Waals surface area contributed by atoms with Crippen molar-refractivity contribution in [1.82, 2.24) is 4.90 Å². The van der Waals surface area contributed by atoms with Gasteiger partial charge < -0.3 is 4.90 Å². The van der Waals surface area contributed by atoms with Crippen molar-refractivity contribution >= 4 is 17.7 Å². The highest BCUT2D eigenvalue weighted by Crippen LogP contribution is 2.11. The summed E-state index contributed by atoms with van der Waals surface area (Å²) in [6, 6.07) is 2.04. The average Bonchev–Trinajstić information content (AvgIpc) is 2.25. The Kier molecular flexibility index (Phi) is 8.21. The third-order valence-corrected chi connectivity index (χ3v) is 3.57. The van der Waals surface area contributed by atoms with Crippen LogP contribution in [0.4, 0.5) is 0 Å². The van der Waals surface area contributed by atoms with Crippen LogP contribution in [-0.4, -0.2) is 35.9 Å². The van der Waals surface area contributed by atoms with Gasteiger partial charge in [0.25, 0.3) is 0 Å². The van der Waals surface area contributed by atoms with E-state index in [4.69, 9.17) is 5.26 Å². The molecule has 0 rings (SSSR count). The van der Waals surface area contributed by atoms with Gasteiger partial charge in [-0.15, -0.1) is 0 Å². The van der Waals surface area contributed by atoms with Crippen LogP contribution in [0.15, 0.2) is 0 Å². The van der Waals surface area contributed by atoms with Crippen molar-refractivity contribution in [2.75, 3.05) is 25.1 Å². The molecule has 0 N–H and O–H groups in total. The molecule has 0 aromatic carbocycles. The number of hydrogen-bond donors (Lipinski definition) is 0. The molecule has 1 unspecified atom stereocenters. The van der Waals surface area contributed by atoms with Gasteiger partial charge in [-0.1, -0.05) is 20.3 Å². The van der Waals surface area contributed by atoms with Crippen LogP contribution in [-0.2, 0) is 4.79 Å². The molecule has 86 valence electrons. The van der Waals surface area contributed by atoms with E-state index in [0.717, 1.165) is 12.2 Å². The summed E-state index contributed by atoms with van der Waals surface area (Å²) in [5.74, 6) is 2.37.